The summed E-state index contributed by atoms with van der Waals surface area (Å²) < 4.78 is 0. The van der Waals surface area contributed by atoms with Gasteiger partial charge in [-0.2, -0.15) is 11.8 Å². The molecule has 2 fully saturated rings. The monoisotopic (exact) mass is 312 g/mol. The molecule has 4 nitrogen and oxygen atoms in total. The van der Waals surface area contributed by atoms with Crippen LogP contribution in [-0.2, 0) is 9.59 Å². The van der Waals surface area contributed by atoms with Gasteiger partial charge in [0.05, 0.1) is 0 Å². The Hall–Kier alpha value is -0.710. The summed E-state index contributed by atoms with van der Waals surface area (Å²) in [5.41, 5.74) is 0. The normalized spacial score (nSPS) is 31.0. The van der Waals surface area contributed by atoms with Crippen molar-refractivity contribution < 1.29 is 9.59 Å². The summed E-state index contributed by atoms with van der Waals surface area (Å²) >= 11 is 1.90. The molecule has 21 heavy (non-hydrogen) atoms. The van der Waals surface area contributed by atoms with E-state index in [2.05, 4.69) is 19.2 Å². The zero-order valence-electron chi connectivity index (χ0n) is 13.6. The third-order valence-corrected chi connectivity index (χ3v) is 5.50. The molecule has 0 aromatic rings. The van der Waals surface area contributed by atoms with E-state index in [4.69, 9.17) is 0 Å². The van der Waals surface area contributed by atoms with Crippen LogP contribution in [0.15, 0.2) is 0 Å². The fourth-order valence-electron chi connectivity index (χ4n) is 3.37. The van der Waals surface area contributed by atoms with Crippen LogP contribution in [-0.4, -0.2) is 46.3 Å². The van der Waals surface area contributed by atoms with Crippen LogP contribution in [0.1, 0.15) is 47.0 Å². The van der Waals surface area contributed by atoms with Gasteiger partial charge in [0.15, 0.2) is 0 Å². The van der Waals surface area contributed by atoms with Crippen LogP contribution >= 0.6 is 11.8 Å². The van der Waals surface area contributed by atoms with E-state index in [-0.39, 0.29) is 35.9 Å². The predicted octanol–water partition coefficient (Wildman–Crippen LogP) is 2.28. The Bertz CT molecular complexity index is 392. The first kappa shape index (κ1) is 16.7. The van der Waals surface area contributed by atoms with Crippen molar-refractivity contribution in [2.75, 3.05) is 11.5 Å². The second-order valence-corrected chi connectivity index (χ2v) is 8.15. The second kappa shape index (κ2) is 7.03. The molecule has 0 bridgehead atoms. The molecule has 0 radical (unpaired) electrons. The number of rotatable bonds is 4. The zero-order chi connectivity index (χ0) is 15.6. The molecule has 2 saturated heterocycles. The third-order valence-electron chi connectivity index (χ3n) is 4.31. The molecular weight excluding hydrogens is 284 g/mol. The lowest BCUT2D eigenvalue weighted by molar-refractivity contribution is -0.154. The molecule has 0 aliphatic carbocycles. The Morgan fingerprint density at radius 2 is 2.00 bits per heavy atom. The van der Waals surface area contributed by atoms with Gasteiger partial charge >= 0.3 is 0 Å². The van der Waals surface area contributed by atoms with E-state index in [1.54, 1.807) is 0 Å². The molecule has 5 heteroatoms. The lowest BCUT2D eigenvalue weighted by Crippen LogP contribution is -2.67. The van der Waals surface area contributed by atoms with Crippen LogP contribution < -0.4 is 5.32 Å². The van der Waals surface area contributed by atoms with Crippen LogP contribution in [0.2, 0.25) is 0 Å². The van der Waals surface area contributed by atoms with Crippen molar-refractivity contribution in [3.63, 3.8) is 0 Å². The van der Waals surface area contributed by atoms with E-state index in [0.29, 0.717) is 5.92 Å². The Morgan fingerprint density at radius 1 is 1.29 bits per heavy atom. The van der Waals surface area contributed by atoms with E-state index in [1.165, 1.54) is 5.75 Å². The van der Waals surface area contributed by atoms with Gasteiger partial charge in [-0.1, -0.05) is 27.7 Å². The molecule has 2 aliphatic rings. The average Bonchev–Trinajstić information content (AvgIpc) is 2.42. The third kappa shape index (κ3) is 3.74. The first-order valence-corrected chi connectivity index (χ1v) is 9.27. The minimum absolute atomic E-state index is 0.0332. The maximum absolute atomic E-state index is 12.9. The molecule has 2 heterocycles. The Kier molecular flexibility index (Phi) is 5.58. The highest BCUT2D eigenvalue weighted by Crippen LogP contribution is 2.29. The quantitative estimate of drug-likeness (QED) is 0.866. The molecule has 2 amide bonds. The molecule has 2 rings (SSSR count). The number of hydrogen-bond donors (Lipinski definition) is 1. The van der Waals surface area contributed by atoms with Crippen molar-refractivity contribution in [2.24, 2.45) is 11.8 Å². The van der Waals surface area contributed by atoms with Gasteiger partial charge in [-0.15, -0.1) is 0 Å². The maximum atomic E-state index is 12.9. The van der Waals surface area contributed by atoms with Gasteiger partial charge in [-0.25, -0.2) is 0 Å². The highest BCUT2D eigenvalue weighted by Gasteiger charge is 2.45. The summed E-state index contributed by atoms with van der Waals surface area (Å²) in [6.45, 7) is 8.25. The number of nitrogens with zero attached hydrogens (tertiary/aromatic N) is 1. The van der Waals surface area contributed by atoms with Crippen molar-refractivity contribution >= 4 is 23.6 Å². The van der Waals surface area contributed by atoms with Crippen molar-refractivity contribution in [3.8, 4) is 0 Å². The molecule has 0 spiro atoms. The second-order valence-electron chi connectivity index (χ2n) is 7.00. The summed E-state index contributed by atoms with van der Waals surface area (Å²) in [5.74, 6) is 2.86. The largest absolute Gasteiger partial charge is 0.342 e. The van der Waals surface area contributed by atoms with Gasteiger partial charge in [0, 0.05) is 11.8 Å². The van der Waals surface area contributed by atoms with Crippen LogP contribution in [0.4, 0.5) is 0 Å². The van der Waals surface area contributed by atoms with Crippen LogP contribution in [0.3, 0.4) is 0 Å². The summed E-state index contributed by atoms with van der Waals surface area (Å²) in [6.07, 6.45) is 2.90. The van der Waals surface area contributed by atoms with Crippen LogP contribution in [0.5, 0.6) is 0 Å². The van der Waals surface area contributed by atoms with Crippen LogP contribution in [0.25, 0.3) is 0 Å². The summed E-state index contributed by atoms with van der Waals surface area (Å²) in [6, 6.07) is -0.409. The summed E-state index contributed by atoms with van der Waals surface area (Å²) in [7, 11) is 0. The molecule has 0 aromatic heterocycles. The molecule has 0 saturated carbocycles. The minimum Gasteiger partial charge on any atom is -0.342 e. The Balaban J connectivity index is 2.23. The van der Waals surface area contributed by atoms with E-state index in [1.807, 2.05) is 30.5 Å². The van der Waals surface area contributed by atoms with Gasteiger partial charge in [0.1, 0.15) is 12.1 Å². The van der Waals surface area contributed by atoms with Crippen molar-refractivity contribution in [2.45, 2.75) is 65.1 Å². The first-order chi connectivity index (χ1) is 9.91. The fourth-order valence-corrected chi connectivity index (χ4v) is 4.50. The van der Waals surface area contributed by atoms with E-state index in [9.17, 15) is 9.59 Å². The smallest absolute Gasteiger partial charge is 0.246 e. The van der Waals surface area contributed by atoms with Gasteiger partial charge in [0.25, 0.3) is 0 Å². The molecule has 3 atom stereocenters. The highest BCUT2D eigenvalue weighted by atomic mass is 32.2. The SMILES string of the molecule is CC(C)CC1NC(=O)C(C(C)C)N(C2CCCSC2)C1=O. The van der Waals surface area contributed by atoms with Gasteiger partial charge in [-0.05, 0) is 36.9 Å². The predicted molar refractivity (Wildman–Crippen MR) is 87.2 cm³/mol. The Labute approximate surface area is 132 Å². The van der Waals surface area contributed by atoms with Gasteiger partial charge in [-0.3, -0.25) is 9.59 Å². The maximum Gasteiger partial charge on any atom is 0.246 e. The van der Waals surface area contributed by atoms with Crippen LogP contribution in [0, 0.1) is 11.8 Å². The summed E-state index contributed by atoms with van der Waals surface area (Å²) in [5, 5.41) is 2.96. The number of thioether (sulfide) groups is 1. The lowest BCUT2D eigenvalue weighted by Gasteiger charge is -2.46. The van der Waals surface area contributed by atoms with E-state index in [0.717, 1.165) is 25.0 Å². The number of amides is 2. The lowest BCUT2D eigenvalue weighted by atomic mass is 9.91. The Morgan fingerprint density at radius 3 is 2.52 bits per heavy atom. The van der Waals surface area contributed by atoms with Gasteiger partial charge in [0.2, 0.25) is 11.8 Å². The molecule has 3 unspecified atom stereocenters. The molecule has 120 valence electrons. The average molecular weight is 312 g/mol. The van der Waals surface area contributed by atoms with Crippen molar-refractivity contribution in [1.82, 2.24) is 10.2 Å². The molecular formula is C16H28N2O2S. The first-order valence-electron chi connectivity index (χ1n) is 8.12. The van der Waals surface area contributed by atoms with Gasteiger partial charge < -0.3 is 10.2 Å². The molecule has 0 aromatic carbocycles. The highest BCUT2D eigenvalue weighted by molar-refractivity contribution is 7.99. The fraction of sp³-hybridized carbons (Fsp3) is 0.875. The molecule has 1 N–H and O–H groups in total. The number of piperazine rings is 1. The topological polar surface area (TPSA) is 49.4 Å². The zero-order valence-corrected chi connectivity index (χ0v) is 14.4. The minimum atomic E-state index is -0.334. The van der Waals surface area contributed by atoms with E-state index < -0.39 is 0 Å². The number of carbonyl (C=O) groups is 2. The number of nitrogens with one attached hydrogen (secondary N) is 1. The van der Waals surface area contributed by atoms with E-state index >= 15 is 0 Å². The van der Waals surface area contributed by atoms with Crippen molar-refractivity contribution in [1.29, 1.82) is 0 Å². The standard InChI is InChI=1S/C16H28N2O2S/c1-10(2)8-13-16(20)18(12-6-5-7-21-9-12)14(11(3)4)15(19)17-13/h10-14H,5-9H2,1-4H3,(H,17,19). The number of carbonyl (C=O) groups excluding carboxylic acids is 2. The van der Waals surface area contributed by atoms with Crippen molar-refractivity contribution in [3.05, 3.63) is 0 Å². The molecule has 2 aliphatic heterocycles. The summed E-state index contributed by atoms with van der Waals surface area (Å²) in [4.78, 5) is 27.4. The number of hydrogen-bond acceptors (Lipinski definition) is 3.